The number of ether oxygens (including phenoxy) is 1. The number of carbonyl (C=O) groups is 1. The fourth-order valence-electron chi connectivity index (χ4n) is 4.89. The van der Waals surface area contributed by atoms with Gasteiger partial charge in [0.15, 0.2) is 11.5 Å². The molecule has 4 heterocycles. The van der Waals surface area contributed by atoms with Crippen LogP contribution < -0.4 is 10.6 Å². The summed E-state index contributed by atoms with van der Waals surface area (Å²) in [5.74, 6) is 1.27. The Kier molecular flexibility index (Phi) is 7.32. The predicted molar refractivity (Wildman–Crippen MR) is 138 cm³/mol. The molecule has 2 aliphatic heterocycles. The predicted octanol–water partition coefficient (Wildman–Crippen LogP) is 2.20. The molecule has 13 heteroatoms. The molecule has 0 bridgehead atoms. The molecule has 2 N–H and O–H groups in total. The van der Waals surface area contributed by atoms with E-state index in [1.165, 1.54) is 13.0 Å². The van der Waals surface area contributed by atoms with Crippen molar-refractivity contribution in [2.45, 2.75) is 25.9 Å². The van der Waals surface area contributed by atoms with Gasteiger partial charge in [-0.3, -0.25) is 9.00 Å². The molecule has 204 valence electrons. The third-order valence-electron chi connectivity index (χ3n) is 7.07. The van der Waals surface area contributed by atoms with Gasteiger partial charge in [-0.25, -0.2) is 9.50 Å². The Labute approximate surface area is 220 Å². The second-order valence-electron chi connectivity index (χ2n) is 9.47. The van der Waals surface area contributed by atoms with Crippen LogP contribution in [0.5, 0.6) is 0 Å². The number of fused-ring (bicyclic) bond motifs is 1. The number of rotatable bonds is 5. The Bertz CT molecular complexity index is 1380. The van der Waals surface area contributed by atoms with Crippen molar-refractivity contribution in [2.24, 2.45) is 0 Å². The van der Waals surface area contributed by atoms with Crippen LogP contribution in [0.1, 0.15) is 28.1 Å². The summed E-state index contributed by atoms with van der Waals surface area (Å²) in [5, 5.41) is 4.76. The van der Waals surface area contributed by atoms with Crippen molar-refractivity contribution < 1.29 is 26.9 Å². The molecule has 0 spiro atoms. The van der Waals surface area contributed by atoms with Gasteiger partial charge in [0.2, 0.25) is 5.91 Å². The third-order valence-corrected chi connectivity index (χ3v) is 8.34. The fraction of sp³-hybridized carbons (Fsp3) is 0.480. The fourth-order valence-corrected chi connectivity index (χ4v) is 5.94. The normalized spacial score (nSPS) is 17.4. The Balaban J connectivity index is 1.57. The largest absolute Gasteiger partial charge is 0.416 e. The summed E-state index contributed by atoms with van der Waals surface area (Å²) >= 11 is 0. The van der Waals surface area contributed by atoms with Gasteiger partial charge in [0, 0.05) is 61.0 Å². The molecular formula is C25H29F3N6O3S. The molecule has 0 saturated carbocycles. The number of hydrogen-bond donors (Lipinski definition) is 1. The van der Waals surface area contributed by atoms with Crippen molar-refractivity contribution in [3.63, 3.8) is 0 Å². The van der Waals surface area contributed by atoms with Gasteiger partial charge in [0.1, 0.15) is 0 Å². The topological polar surface area (TPSA) is 106 Å². The van der Waals surface area contributed by atoms with Crippen molar-refractivity contribution >= 4 is 33.9 Å². The molecule has 2 aliphatic rings. The van der Waals surface area contributed by atoms with Gasteiger partial charge in [-0.15, -0.1) is 5.10 Å². The van der Waals surface area contributed by atoms with Crippen molar-refractivity contribution in [1.29, 1.82) is 0 Å². The highest BCUT2D eigenvalue weighted by Crippen LogP contribution is 2.34. The van der Waals surface area contributed by atoms with Crippen LogP contribution in [0.2, 0.25) is 0 Å². The van der Waals surface area contributed by atoms with Gasteiger partial charge in [0.25, 0.3) is 0 Å². The number of nitrogens with two attached hydrogens (primary N) is 1. The second-order valence-corrected chi connectivity index (χ2v) is 11.2. The first-order chi connectivity index (χ1) is 18.1. The van der Waals surface area contributed by atoms with Crippen LogP contribution in [0.4, 0.5) is 24.7 Å². The van der Waals surface area contributed by atoms with Crippen LogP contribution in [0.3, 0.4) is 0 Å². The molecule has 0 radical (unpaired) electrons. The number of alkyl halides is 3. The number of halogens is 3. The van der Waals surface area contributed by atoms with Gasteiger partial charge in [-0.2, -0.15) is 13.2 Å². The Morgan fingerprint density at radius 1 is 1.16 bits per heavy atom. The average Bonchev–Trinajstić information content (AvgIpc) is 3.22. The van der Waals surface area contributed by atoms with E-state index in [0.717, 1.165) is 6.07 Å². The van der Waals surface area contributed by atoms with Crippen LogP contribution >= 0.6 is 0 Å². The lowest BCUT2D eigenvalue weighted by atomic mass is 9.97. The number of nitrogens with zero attached hydrogens (tertiary/aromatic N) is 5. The molecular weight excluding hydrogens is 521 g/mol. The molecule has 38 heavy (non-hydrogen) atoms. The summed E-state index contributed by atoms with van der Waals surface area (Å²) in [6.07, 6.45) is -4.46. The minimum atomic E-state index is -4.49. The zero-order chi connectivity index (χ0) is 27.0. The number of anilines is 2. The molecule has 1 amide bonds. The lowest BCUT2D eigenvalue weighted by molar-refractivity contribution is -0.138. The number of imidazole rings is 1. The van der Waals surface area contributed by atoms with E-state index in [9.17, 15) is 22.2 Å². The summed E-state index contributed by atoms with van der Waals surface area (Å²) in [6, 6.07) is 5.81. The van der Waals surface area contributed by atoms with E-state index in [2.05, 4.69) is 4.98 Å². The van der Waals surface area contributed by atoms with E-state index in [4.69, 9.17) is 15.6 Å². The van der Waals surface area contributed by atoms with E-state index in [0.29, 0.717) is 85.0 Å². The SMILES string of the molecule is Cc1c(Cc2c(CC(=O)N3CCS(=O)CC3)nc3c(N)cc(N4CCOCC4)nn23)cccc1C(F)(F)F. The molecule has 0 atom stereocenters. The van der Waals surface area contributed by atoms with Gasteiger partial charge in [-0.1, -0.05) is 12.1 Å². The van der Waals surface area contributed by atoms with Crippen molar-refractivity contribution in [3.05, 3.63) is 52.3 Å². The van der Waals surface area contributed by atoms with E-state index in [-0.39, 0.29) is 24.3 Å². The maximum absolute atomic E-state index is 13.6. The van der Waals surface area contributed by atoms with Crippen LogP contribution in [0.25, 0.3) is 5.65 Å². The standard InChI is InChI=1S/C25H29F3N6O3S/c1-16-17(3-2-4-18(16)25(26,27)28)13-21-20(15-23(35)33-7-11-38(36)12-8-33)30-24-19(29)14-22(31-34(21)24)32-5-9-37-10-6-32/h2-4,14H,5-13,15,29H2,1H3. The molecule has 3 aromatic rings. The highest BCUT2D eigenvalue weighted by Gasteiger charge is 2.33. The molecule has 5 rings (SSSR count). The lowest BCUT2D eigenvalue weighted by Gasteiger charge is -2.28. The molecule has 2 saturated heterocycles. The zero-order valence-corrected chi connectivity index (χ0v) is 21.8. The van der Waals surface area contributed by atoms with Crippen LogP contribution in [-0.4, -0.2) is 80.5 Å². The maximum atomic E-state index is 13.6. The molecule has 0 unspecified atom stereocenters. The average molecular weight is 551 g/mol. The lowest BCUT2D eigenvalue weighted by Crippen LogP contribution is -2.42. The van der Waals surface area contributed by atoms with Crippen molar-refractivity contribution in [3.8, 4) is 0 Å². The summed E-state index contributed by atoms with van der Waals surface area (Å²) < 4.78 is 59.6. The van der Waals surface area contributed by atoms with Gasteiger partial charge < -0.3 is 20.3 Å². The first-order valence-electron chi connectivity index (χ1n) is 12.4. The Morgan fingerprint density at radius 2 is 1.87 bits per heavy atom. The number of nitrogen functional groups attached to an aromatic ring is 1. The van der Waals surface area contributed by atoms with Gasteiger partial charge in [0.05, 0.1) is 42.3 Å². The van der Waals surface area contributed by atoms with E-state index in [1.54, 1.807) is 21.5 Å². The number of morpholine rings is 1. The molecule has 1 aromatic carbocycles. The van der Waals surface area contributed by atoms with E-state index >= 15 is 0 Å². The number of benzene rings is 1. The quantitative estimate of drug-likeness (QED) is 0.519. The minimum absolute atomic E-state index is 0.0599. The molecule has 2 aromatic heterocycles. The van der Waals surface area contributed by atoms with Crippen molar-refractivity contribution in [2.75, 3.05) is 61.5 Å². The summed E-state index contributed by atoms with van der Waals surface area (Å²) in [7, 11) is -0.934. The summed E-state index contributed by atoms with van der Waals surface area (Å²) in [6.45, 7) is 4.55. The van der Waals surface area contributed by atoms with Crippen LogP contribution in [-0.2, 0) is 39.3 Å². The number of amides is 1. The molecule has 9 nitrogen and oxygen atoms in total. The monoisotopic (exact) mass is 550 g/mol. The highest BCUT2D eigenvalue weighted by atomic mass is 32.2. The molecule has 0 aliphatic carbocycles. The Hall–Kier alpha value is -3.19. The second kappa shape index (κ2) is 10.5. The van der Waals surface area contributed by atoms with Crippen molar-refractivity contribution in [1.82, 2.24) is 19.5 Å². The first kappa shape index (κ1) is 26.4. The van der Waals surface area contributed by atoms with Gasteiger partial charge in [-0.05, 0) is 24.1 Å². The van der Waals surface area contributed by atoms with E-state index < -0.39 is 22.5 Å². The number of hydrogen-bond acceptors (Lipinski definition) is 7. The smallest absolute Gasteiger partial charge is 0.396 e. The summed E-state index contributed by atoms with van der Waals surface area (Å²) in [5.41, 5.74) is 7.88. The maximum Gasteiger partial charge on any atom is 0.416 e. The minimum Gasteiger partial charge on any atom is -0.396 e. The van der Waals surface area contributed by atoms with Crippen LogP contribution in [0, 0.1) is 6.92 Å². The first-order valence-corrected chi connectivity index (χ1v) is 13.9. The van der Waals surface area contributed by atoms with E-state index in [1.807, 2.05) is 4.90 Å². The summed E-state index contributed by atoms with van der Waals surface area (Å²) in [4.78, 5) is 21.5. The van der Waals surface area contributed by atoms with Crippen LogP contribution in [0.15, 0.2) is 24.3 Å². The number of carbonyl (C=O) groups excluding carboxylic acids is 1. The Morgan fingerprint density at radius 3 is 2.55 bits per heavy atom. The third kappa shape index (κ3) is 5.35. The zero-order valence-electron chi connectivity index (χ0n) is 21.0. The van der Waals surface area contributed by atoms with Gasteiger partial charge >= 0.3 is 6.18 Å². The highest BCUT2D eigenvalue weighted by molar-refractivity contribution is 7.85. The molecule has 2 fully saturated rings. The number of aromatic nitrogens is 3.